The number of aliphatic carboxylic acids is 1. The summed E-state index contributed by atoms with van der Waals surface area (Å²) in [6.45, 7) is 2.26. The molecule has 0 saturated heterocycles. The Kier molecular flexibility index (Phi) is 4.24. The quantitative estimate of drug-likeness (QED) is 0.870. The van der Waals surface area contributed by atoms with Gasteiger partial charge in [0.15, 0.2) is 0 Å². The summed E-state index contributed by atoms with van der Waals surface area (Å²) in [4.78, 5) is 11.3. The van der Waals surface area contributed by atoms with Crippen molar-refractivity contribution in [2.24, 2.45) is 11.8 Å². The number of carboxylic acids is 1. The highest BCUT2D eigenvalue weighted by Crippen LogP contribution is 2.32. The number of aryl methyl sites for hydroxylation is 1. The van der Waals surface area contributed by atoms with Crippen LogP contribution in [0.3, 0.4) is 0 Å². The molecule has 1 saturated carbocycles. The van der Waals surface area contributed by atoms with Gasteiger partial charge in [0.25, 0.3) is 0 Å². The predicted molar refractivity (Wildman–Crippen MR) is 69.8 cm³/mol. The maximum atomic E-state index is 11.3. The lowest BCUT2D eigenvalue weighted by Gasteiger charge is -2.20. The van der Waals surface area contributed by atoms with Gasteiger partial charge in [-0.25, -0.2) is 0 Å². The Balaban J connectivity index is 1.97. The number of para-hydroxylation sites is 1. The van der Waals surface area contributed by atoms with Crippen molar-refractivity contribution in [2.75, 3.05) is 6.61 Å². The summed E-state index contributed by atoms with van der Waals surface area (Å²) in [5, 5.41) is 9.30. The van der Waals surface area contributed by atoms with E-state index in [0.717, 1.165) is 37.0 Å². The summed E-state index contributed by atoms with van der Waals surface area (Å²) in [5.41, 5.74) is 1.05. The Morgan fingerprint density at radius 2 is 2.06 bits per heavy atom. The second-order valence-corrected chi connectivity index (χ2v) is 5.07. The number of carbonyl (C=O) groups is 1. The Hall–Kier alpha value is -1.51. The molecule has 1 aromatic carbocycles. The first kappa shape index (κ1) is 12.9. The topological polar surface area (TPSA) is 46.5 Å². The van der Waals surface area contributed by atoms with Crippen LogP contribution < -0.4 is 4.74 Å². The van der Waals surface area contributed by atoms with Gasteiger partial charge in [-0.2, -0.15) is 0 Å². The first-order valence-corrected chi connectivity index (χ1v) is 6.59. The van der Waals surface area contributed by atoms with E-state index in [1.165, 1.54) is 0 Å². The molecule has 0 aromatic heterocycles. The summed E-state index contributed by atoms with van der Waals surface area (Å²) in [6.07, 6.45) is 4.35. The van der Waals surface area contributed by atoms with Crippen LogP contribution in [0.4, 0.5) is 0 Å². The van der Waals surface area contributed by atoms with Crippen LogP contribution in [-0.4, -0.2) is 17.7 Å². The van der Waals surface area contributed by atoms with E-state index >= 15 is 0 Å². The molecule has 0 radical (unpaired) electrons. The third kappa shape index (κ3) is 3.03. The number of benzene rings is 1. The number of hydrogen-bond donors (Lipinski definition) is 1. The van der Waals surface area contributed by atoms with E-state index in [2.05, 4.69) is 0 Å². The minimum absolute atomic E-state index is 0.283. The van der Waals surface area contributed by atoms with E-state index < -0.39 is 5.97 Å². The van der Waals surface area contributed by atoms with Gasteiger partial charge in [-0.1, -0.05) is 31.0 Å². The molecular formula is C15H20O3. The average Bonchev–Trinajstić information content (AvgIpc) is 2.85. The molecule has 1 N–H and O–H groups in total. The molecule has 1 unspecified atom stereocenters. The molecule has 18 heavy (non-hydrogen) atoms. The number of rotatable bonds is 5. The lowest BCUT2D eigenvalue weighted by Crippen LogP contribution is -2.28. The van der Waals surface area contributed by atoms with Crippen molar-refractivity contribution in [3.63, 3.8) is 0 Å². The molecule has 0 bridgehead atoms. The van der Waals surface area contributed by atoms with E-state index in [1.54, 1.807) is 0 Å². The van der Waals surface area contributed by atoms with Crippen molar-refractivity contribution >= 4 is 5.97 Å². The number of hydrogen-bond acceptors (Lipinski definition) is 2. The lowest BCUT2D eigenvalue weighted by molar-refractivity contribution is -0.144. The molecule has 0 aliphatic heterocycles. The van der Waals surface area contributed by atoms with Crippen molar-refractivity contribution in [2.45, 2.75) is 32.6 Å². The normalized spacial score (nSPS) is 17.6. The van der Waals surface area contributed by atoms with Crippen LogP contribution in [0.2, 0.25) is 0 Å². The van der Waals surface area contributed by atoms with Crippen LogP contribution in [0.5, 0.6) is 5.75 Å². The Morgan fingerprint density at radius 3 is 2.67 bits per heavy atom. The second-order valence-electron chi connectivity index (χ2n) is 5.07. The maximum absolute atomic E-state index is 11.3. The molecule has 0 heterocycles. The predicted octanol–water partition coefficient (Wildman–Crippen LogP) is 3.26. The fourth-order valence-corrected chi connectivity index (χ4v) is 2.67. The first-order chi connectivity index (χ1) is 8.68. The molecule has 1 aliphatic rings. The zero-order valence-corrected chi connectivity index (χ0v) is 10.8. The number of carboxylic acid groups (broad SMARTS) is 1. The van der Waals surface area contributed by atoms with Gasteiger partial charge in [-0.15, -0.1) is 0 Å². The van der Waals surface area contributed by atoms with Gasteiger partial charge in [-0.3, -0.25) is 4.79 Å². The summed E-state index contributed by atoms with van der Waals surface area (Å²) in [7, 11) is 0. The Morgan fingerprint density at radius 1 is 1.39 bits per heavy atom. The molecule has 1 fully saturated rings. The minimum atomic E-state index is -0.726. The molecule has 0 amide bonds. The van der Waals surface area contributed by atoms with E-state index in [1.807, 2.05) is 31.2 Å². The molecule has 1 aromatic rings. The molecule has 1 aliphatic carbocycles. The summed E-state index contributed by atoms with van der Waals surface area (Å²) in [6, 6.07) is 7.73. The van der Waals surface area contributed by atoms with E-state index in [9.17, 15) is 9.90 Å². The highest BCUT2D eigenvalue weighted by atomic mass is 16.5. The summed E-state index contributed by atoms with van der Waals surface area (Å²) in [5.74, 6) is -0.0177. The van der Waals surface area contributed by atoms with Crippen LogP contribution in [0.1, 0.15) is 31.2 Å². The zero-order chi connectivity index (χ0) is 13.0. The molecule has 2 rings (SSSR count). The molecule has 98 valence electrons. The van der Waals surface area contributed by atoms with Gasteiger partial charge in [0.05, 0.1) is 5.92 Å². The highest BCUT2D eigenvalue weighted by Gasteiger charge is 2.31. The van der Waals surface area contributed by atoms with Crippen molar-refractivity contribution in [3.05, 3.63) is 29.8 Å². The highest BCUT2D eigenvalue weighted by molar-refractivity contribution is 5.70. The SMILES string of the molecule is Cc1ccccc1OCC(C(=O)O)C1CCCC1. The largest absolute Gasteiger partial charge is 0.492 e. The van der Waals surface area contributed by atoms with Gasteiger partial charge in [0, 0.05) is 0 Å². The van der Waals surface area contributed by atoms with Crippen molar-refractivity contribution in [1.29, 1.82) is 0 Å². The van der Waals surface area contributed by atoms with Gasteiger partial charge in [0.1, 0.15) is 12.4 Å². The van der Waals surface area contributed by atoms with Crippen LogP contribution in [0.25, 0.3) is 0 Å². The average molecular weight is 248 g/mol. The monoisotopic (exact) mass is 248 g/mol. The second kappa shape index (κ2) is 5.89. The van der Waals surface area contributed by atoms with Crippen LogP contribution in [-0.2, 0) is 4.79 Å². The van der Waals surface area contributed by atoms with Crippen molar-refractivity contribution in [1.82, 2.24) is 0 Å². The van der Waals surface area contributed by atoms with Crippen LogP contribution >= 0.6 is 0 Å². The zero-order valence-electron chi connectivity index (χ0n) is 10.8. The smallest absolute Gasteiger partial charge is 0.310 e. The third-order valence-electron chi connectivity index (χ3n) is 3.80. The lowest BCUT2D eigenvalue weighted by atomic mass is 9.92. The van der Waals surface area contributed by atoms with Gasteiger partial charge in [-0.05, 0) is 37.3 Å². The molecule has 3 heteroatoms. The number of ether oxygens (including phenoxy) is 1. The first-order valence-electron chi connectivity index (χ1n) is 6.59. The van der Waals surface area contributed by atoms with Crippen LogP contribution in [0, 0.1) is 18.8 Å². The Bertz CT molecular complexity index is 408. The molecule has 0 spiro atoms. The molecule has 3 nitrogen and oxygen atoms in total. The van der Waals surface area contributed by atoms with Crippen molar-refractivity contribution < 1.29 is 14.6 Å². The maximum Gasteiger partial charge on any atom is 0.310 e. The standard InChI is InChI=1S/C15H20O3/c1-11-6-2-5-9-14(11)18-10-13(15(16)17)12-7-3-4-8-12/h2,5-6,9,12-13H,3-4,7-8,10H2,1H3,(H,16,17). The Labute approximate surface area is 108 Å². The van der Waals surface area contributed by atoms with Crippen LogP contribution in [0.15, 0.2) is 24.3 Å². The van der Waals surface area contributed by atoms with E-state index in [-0.39, 0.29) is 18.4 Å². The summed E-state index contributed by atoms with van der Waals surface area (Å²) < 4.78 is 5.69. The fraction of sp³-hybridized carbons (Fsp3) is 0.533. The fourth-order valence-electron chi connectivity index (χ4n) is 2.67. The van der Waals surface area contributed by atoms with Gasteiger partial charge < -0.3 is 9.84 Å². The van der Waals surface area contributed by atoms with E-state index in [4.69, 9.17) is 4.74 Å². The minimum Gasteiger partial charge on any atom is -0.492 e. The molecular weight excluding hydrogens is 228 g/mol. The third-order valence-corrected chi connectivity index (χ3v) is 3.80. The van der Waals surface area contributed by atoms with Gasteiger partial charge >= 0.3 is 5.97 Å². The van der Waals surface area contributed by atoms with Gasteiger partial charge in [0.2, 0.25) is 0 Å². The molecule has 1 atom stereocenters. The van der Waals surface area contributed by atoms with Crippen molar-refractivity contribution in [3.8, 4) is 5.75 Å². The van der Waals surface area contributed by atoms with E-state index in [0.29, 0.717) is 0 Å². The summed E-state index contributed by atoms with van der Waals surface area (Å²) >= 11 is 0.